The summed E-state index contributed by atoms with van der Waals surface area (Å²) in [5, 5.41) is 10.6. The average Bonchev–Trinajstić information content (AvgIpc) is 2.97. The molecule has 0 aromatic carbocycles. The largest absolute Gasteiger partial charge is 0.345 e. The van der Waals surface area contributed by atoms with Crippen LogP contribution in [0.15, 0.2) is 0 Å². The predicted octanol–water partition coefficient (Wildman–Crippen LogP) is 1.89. The van der Waals surface area contributed by atoms with E-state index in [1.54, 1.807) is 11.3 Å². The number of nitrogens with zero attached hydrogens (tertiary/aromatic N) is 4. The quantitative estimate of drug-likeness (QED) is 0.836. The highest BCUT2D eigenvalue weighted by atomic mass is 32.1. The van der Waals surface area contributed by atoms with Gasteiger partial charge in [0.05, 0.1) is 5.92 Å². The fourth-order valence-corrected chi connectivity index (χ4v) is 3.55. The lowest BCUT2D eigenvalue weighted by molar-refractivity contribution is -0.135. The van der Waals surface area contributed by atoms with E-state index in [9.17, 15) is 4.79 Å². The van der Waals surface area contributed by atoms with Crippen LogP contribution in [0.25, 0.3) is 0 Å². The van der Waals surface area contributed by atoms with Crippen LogP contribution < -0.4 is 4.90 Å². The van der Waals surface area contributed by atoms with Crippen molar-refractivity contribution in [3.63, 3.8) is 0 Å². The lowest BCUT2D eigenvalue weighted by Gasteiger charge is -2.39. The fraction of sp³-hybridized carbons (Fsp3) is 0.786. The molecule has 6 heteroatoms. The standard InChI is InChI=1S/C14H22N4OS/c1-14(2,3)12-15-16-13(20-12)18-8-10(9-18)11(19)17-6-4-5-7-17/h10H,4-9H2,1-3H3. The van der Waals surface area contributed by atoms with Gasteiger partial charge >= 0.3 is 0 Å². The van der Waals surface area contributed by atoms with Crippen LogP contribution in [-0.4, -0.2) is 47.2 Å². The summed E-state index contributed by atoms with van der Waals surface area (Å²) in [7, 11) is 0. The number of likely N-dealkylation sites (tertiary alicyclic amines) is 1. The highest BCUT2D eigenvalue weighted by molar-refractivity contribution is 7.15. The van der Waals surface area contributed by atoms with E-state index in [-0.39, 0.29) is 11.3 Å². The summed E-state index contributed by atoms with van der Waals surface area (Å²) in [5.41, 5.74) is 0.0472. The van der Waals surface area contributed by atoms with E-state index in [2.05, 4.69) is 35.9 Å². The first kappa shape index (κ1) is 13.8. The highest BCUT2D eigenvalue weighted by Gasteiger charge is 2.37. The zero-order valence-electron chi connectivity index (χ0n) is 12.4. The molecule has 3 rings (SSSR count). The zero-order chi connectivity index (χ0) is 14.3. The summed E-state index contributed by atoms with van der Waals surface area (Å²) in [6.07, 6.45) is 2.32. The molecule has 2 fully saturated rings. The molecule has 110 valence electrons. The average molecular weight is 294 g/mol. The summed E-state index contributed by atoms with van der Waals surface area (Å²) in [6.45, 7) is 9.93. The molecule has 20 heavy (non-hydrogen) atoms. The van der Waals surface area contributed by atoms with Crippen molar-refractivity contribution in [3.05, 3.63) is 5.01 Å². The zero-order valence-corrected chi connectivity index (χ0v) is 13.2. The van der Waals surface area contributed by atoms with E-state index in [0.29, 0.717) is 5.91 Å². The molecule has 0 aliphatic carbocycles. The summed E-state index contributed by atoms with van der Waals surface area (Å²) < 4.78 is 0. The first-order valence-electron chi connectivity index (χ1n) is 7.33. The van der Waals surface area contributed by atoms with Crippen LogP contribution in [0.5, 0.6) is 0 Å². The predicted molar refractivity (Wildman–Crippen MR) is 80.1 cm³/mol. The van der Waals surface area contributed by atoms with Gasteiger partial charge in [0.1, 0.15) is 5.01 Å². The topological polar surface area (TPSA) is 49.3 Å². The number of hydrogen-bond donors (Lipinski definition) is 0. The Morgan fingerprint density at radius 2 is 1.85 bits per heavy atom. The van der Waals surface area contributed by atoms with Gasteiger partial charge < -0.3 is 9.80 Å². The molecular weight excluding hydrogens is 272 g/mol. The lowest BCUT2D eigenvalue weighted by atomic mass is 9.98. The van der Waals surface area contributed by atoms with Crippen molar-refractivity contribution in [2.75, 3.05) is 31.1 Å². The van der Waals surface area contributed by atoms with Crippen molar-refractivity contribution in [2.45, 2.75) is 39.0 Å². The van der Waals surface area contributed by atoms with Crippen LogP contribution >= 0.6 is 11.3 Å². The minimum Gasteiger partial charge on any atom is -0.345 e. The number of carbonyl (C=O) groups excluding carboxylic acids is 1. The van der Waals surface area contributed by atoms with Gasteiger partial charge in [-0.15, -0.1) is 10.2 Å². The number of carbonyl (C=O) groups is 1. The second-order valence-electron chi connectivity index (χ2n) is 6.77. The van der Waals surface area contributed by atoms with E-state index in [1.807, 2.05) is 4.90 Å². The Labute approximate surface area is 124 Å². The minimum absolute atomic E-state index is 0.0472. The Kier molecular flexibility index (Phi) is 3.44. The molecular formula is C14H22N4OS. The van der Waals surface area contributed by atoms with Crippen LogP contribution in [0.4, 0.5) is 5.13 Å². The maximum atomic E-state index is 12.2. The molecule has 0 saturated carbocycles. The molecule has 0 atom stereocenters. The van der Waals surface area contributed by atoms with Gasteiger partial charge in [-0.1, -0.05) is 32.1 Å². The van der Waals surface area contributed by atoms with Gasteiger partial charge in [0.15, 0.2) is 0 Å². The number of anilines is 1. The first-order chi connectivity index (χ1) is 9.45. The molecule has 0 radical (unpaired) electrons. The number of amides is 1. The molecule has 0 N–H and O–H groups in total. The fourth-order valence-electron chi connectivity index (χ4n) is 2.63. The number of rotatable bonds is 2. The molecule has 0 spiro atoms. The third kappa shape index (κ3) is 2.53. The molecule has 0 unspecified atom stereocenters. The van der Waals surface area contributed by atoms with Gasteiger partial charge in [0.2, 0.25) is 11.0 Å². The smallest absolute Gasteiger partial charge is 0.229 e. The van der Waals surface area contributed by atoms with Crippen molar-refractivity contribution in [2.24, 2.45) is 5.92 Å². The van der Waals surface area contributed by atoms with Crippen LogP contribution in [-0.2, 0) is 10.2 Å². The van der Waals surface area contributed by atoms with Gasteiger partial charge in [-0.2, -0.15) is 0 Å². The van der Waals surface area contributed by atoms with Crippen molar-refractivity contribution in [1.29, 1.82) is 0 Å². The van der Waals surface area contributed by atoms with Gasteiger partial charge in [-0.25, -0.2) is 0 Å². The maximum absolute atomic E-state index is 12.2. The van der Waals surface area contributed by atoms with Gasteiger partial charge in [0.25, 0.3) is 0 Å². The van der Waals surface area contributed by atoms with Crippen LogP contribution in [0.3, 0.4) is 0 Å². The van der Waals surface area contributed by atoms with Gasteiger partial charge in [-0.3, -0.25) is 4.79 Å². The van der Waals surface area contributed by atoms with Gasteiger partial charge in [0, 0.05) is 31.6 Å². The molecule has 1 aromatic rings. The SMILES string of the molecule is CC(C)(C)c1nnc(N2CC(C(=O)N3CCCC3)C2)s1. The minimum atomic E-state index is 0.0472. The van der Waals surface area contributed by atoms with Crippen molar-refractivity contribution in [3.8, 4) is 0 Å². The van der Waals surface area contributed by atoms with E-state index in [0.717, 1.165) is 49.2 Å². The summed E-state index contributed by atoms with van der Waals surface area (Å²) in [6, 6.07) is 0. The summed E-state index contributed by atoms with van der Waals surface area (Å²) >= 11 is 1.65. The lowest BCUT2D eigenvalue weighted by Crippen LogP contribution is -2.54. The third-order valence-corrected chi connectivity index (χ3v) is 5.38. The number of aromatic nitrogens is 2. The summed E-state index contributed by atoms with van der Waals surface area (Å²) in [5.74, 6) is 0.495. The van der Waals surface area contributed by atoms with E-state index >= 15 is 0 Å². The first-order valence-corrected chi connectivity index (χ1v) is 8.14. The Morgan fingerprint density at radius 3 is 2.40 bits per heavy atom. The third-order valence-electron chi connectivity index (χ3n) is 3.97. The Balaban J connectivity index is 1.57. The van der Waals surface area contributed by atoms with Crippen molar-refractivity contribution in [1.82, 2.24) is 15.1 Å². The monoisotopic (exact) mass is 294 g/mol. The molecule has 2 aliphatic heterocycles. The second kappa shape index (κ2) is 4.98. The molecule has 2 aliphatic rings. The molecule has 1 amide bonds. The van der Waals surface area contributed by atoms with E-state index < -0.39 is 0 Å². The van der Waals surface area contributed by atoms with Crippen LogP contribution in [0, 0.1) is 5.92 Å². The summed E-state index contributed by atoms with van der Waals surface area (Å²) in [4.78, 5) is 16.4. The second-order valence-corrected chi connectivity index (χ2v) is 7.73. The van der Waals surface area contributed by atoms with Crippen molar-refractivity contribution >= 4 is 22.4 Å². The van der Waals surface area contributed by atoms with Crippen LogP contribution in [0.1, 0.15) is 38.6 Å². The maximum Gasteiger partial charge on any atom is 0.229 e. The van der Waals surface area contributed by atoms with Crippen LogP contribution in [0.2, 0.25) is 0 Å². The normalized spacial score (nSPS) is 20.4. The molecule has 2 saturated heterocycles. The number of hydrogen-bond acceptors (Lipinski definition) is 5. The molecule has 5 nitrogen and oxygen atoms in total. The Morgan fingerprint density at radius 1 is 1.20 bits per heavy atom. The Hall–Kier alpha value is -1.17. The van der Waals surface area contributed by atoms with Gasteiger partial charge in [-0.05, 0) is 12.8 Å². The van der Waals surface area contributed by atoms with E-state index in [4.69, 9.17) is 0 Å². The molecule has 3 heterocycles. The highest BCUT2D eigenvalue weighted by Crippen LogP contribution is 2.33. The van der Waals surface area contributed by atoms with Crippen molar-refractivity contribution < 1.29 is 4.79 Å². The van der Waals surface area contributed by atoms with E-state index in [1.165, 1.54) is 0 Å². The molecule has 1 aromatic heterocycles. The molecule has 0 bridgehead atoms. The Bertz CT molecular complexity index is 496.